The molecule has 0 aliphatic carbocycles. The smallest absolute Gasteiger partial charge is 0.251 e. The number of carbonyl (C=O) groups is 1. The highest BCUT2D eigenvalue weighted by atomic mass is 16.5. The van der Waals surface area contributed by atoms with Crippen molar-refractivity contribution in [3.63, 3.8) is 0 Å². The summed E-state index contributed by atoms with van der Waals surface area (Å²) < 4.78 is 5.62. The average molecular weight is 334 g/mol. The number of aliphatic hydroxyl groups is 1. The Morgan fingerprint density at radius 1 is 1.12 bits per heavy atom. The van der Waals surface area contributed by atoms with Crippen LogP contribution in [-0.4, -0.2) is 66.2 Å². The van der Waals surface area contributed by atoms with Crippen molar-refractivity contribution in [3.05, 3.63) is 35.9 Å². The zero-order valence-electron chi connectivity index (χ0n) is 15.0. The third kappa shape index (κ3) is 5.58. The summed E-state index contributed by atoms with van der Waals surface area (Å²) in [4.78, 5) is 16.5. The monoisotopic (exact) mass is 334 g/mol. The lowest BCUT2D eigenvalue weighted by molar-refractivity contribution is -0.145. The van der Waals surface area contributed by atoms with Crippen molar-refractivity contribution in [2.24, 2.45) is 5.92 Å². The summed E-state index contributed by atoms with van der Waals surface area (Å²) in [6.07, 6.45) is -0.865. The Bertz CT molecular complexity index is 499. The van der Waals surface area contributed by atoms with E-state index in [1.165, 1.54) is 0 Å². The van der Waals surface area contributed by atoms with Gasteiger partial charge in [-0.3, -0.25) is 9.69 Å². The Morgan fingerprint density at radius 3 is 2.33 bits per heavy atom. The summed E-state index contributed by atoms with van der Waals surface area (Å²) in [5, 5.41) is 10.3. The summed E-state index contributed by atoms with van der Waals surface area (Å²) in [5.41, 5.74) is 0.937. The van der Waals surface area contributed by atoms with E-state index in [0.29, 0.717) is 32.2 Å². The van der Waals surface area contributed by atoms with Gasteiger partial charge in [-0.05, 0) is 18.4 Å². The minimum Gasteiger partial charge on any atom is -0.387 e. The van der Waals surface area contributed by atoms with Crippen LogP contribution in [0.2, 0.25) is 0 Å². The van der Waals surface area contributed by atoms with Crippen molar-refractivity contribution >= 4 is 5.91 Å². The normalized spacial score (nSPS) is 18.6. The summed E-state index contributed by atoms with van der Waals surface area (Å²) in [5.74, 6) is 0.496. The third-order valence-electron chi connectivity index (χ3n) is 4.33. The molecular weight excluding hydrogens is 304 g/mol. The van der Waals surface area contributed by atoms with E-state index in [0.717, 1.165) is 18.7 Å². The zero-order valence-corrected chi connectivity index (χ0v) is 15.0. The SMILES string of the molecule is CC(C)CO[C@@H](C)C(=O)N1CCN(C[C@@H](O)c2ccccc2)CC1. The van der Waals surface area contributed by atoms with Crippen molar-refractivity contribution < 1.29 is 14.6 Å². The topological polar surface area (TPSA) is 53.0 Å². The van der Waals surface area contributed by atoms with Gasteiger partial charge < -0.3 is 14.7 Å². The van der Waals surface area contributed by atoms with Crippen molar-refractivity contribution in [2.45, 2.75) is 33.0 Å². The maximum absolute atomic E-state index is 12.4. The van der Waals surface area contributed by atoms with Gasteiger partial charge >= 0.3 is 0 Å². The molecule has 1 aliphatic heterocycles. The average Bonchev–Trinajstić information content (AvgIpc) is 2.60. The first-order valence-electron chi connectivity index (χ1n) is 8.83. The lowest BCUT2D eigenvalue weighted by Crippen LogP contribution is -2.52. The van der Waals surface area contributed by atoms with Crippen molar-refractivity contribution in [1.29, 1.82) is 0 Å². The van der Waals surface area contributed by atoms with Crippen LogP contribution in [0.5, 0.6) is 0 Å². The van der Waals surface area contributed by atoms with Crippen LogP contribution in [0, 0.1) is 5.92 Å². The molecule has 2 atom stereocenters. The molecule has 0 aromatic heterocycles. The molecule has 2 rings (SSSR count). The molecule has 1 aromatic carbocycles. The highest BCUT2D eigenvalue weighted by Crippen LogP contribution is 2.15. The summed E-state index contributed by atoms with van der Waals surface area (Å²) in [7, 11) is 0. The van der Waals surface area contributed by atoms with Crippen molar-refractivity contribution in [3.8, 4) is 0 Å². The molecule has 0 spiro atoms. The van der Waals surface area contributed by atoms with E-state index >= 15 is 0 Å². The Morgan fingerprint density at radius 2 is 1.75 bits per heavy atom. The summed E-state index contributed by atoms with van der Waals surface area (Å²) in [6, 6.07) is 9.71. The lowest BCUT2D eigenvalue weighted by atomic mass is 10.1. The Hall–Kier alpha value is -1.43. The molecule has 1 aromatic rings. The molecule has 1 saturated heterocycles. The van der Waals surface area contributed by atoms with Gasteiger partial charge in [0.1, 0.15) is 6.10 Å². The molecule has 0 unspecified atom stereocenters. The van der Waals surface area contributed by atoms with E-state index in [9.17, 15) is 9.90 Å². The predicted octanol–water partition coefficient (Wildman–Crippen LogP) is 1.93. The van der Waals surface area contributed by atoms with Gasteiger partial charge in [0.25, 0.3) is 5.91 Å². The highest BCUT2D eigenvalue weighted by Gasteiger charge is 2.26. The second-order valence-electron chi connectivity index (χ2n) is 6.92. The number of aliphatic hydroxyl groups excluding tert-OH is 1. The lowest BCUT2D eigenvalue weighted by Gasteiger charge is -2.36. The summed E-state index contributed by atoms with van der Waals surface area (Å²) >= 11 is 0. The number of carbonyl (C=O) groups excluding carboxylic acids is 1. The van der Waals surface area contributed by atoms with Crippen LogP contribution in [0.3, 0.4) is 0 Å². The van der Waals surface area contributed by atoms with Crippen molar-refractivity contribution in [1.82, 2.24) is 9.80 Å². The molecule has 24 heavy (non-hydrogen) atoms. The molecule has 1 amide bonds. The van der Waals surface area contributed by atoms with Crippen LogP contribution in [0.15, 0.2) is 30.3 Å². The first-order valence-corrected chi connectivity index (χ1v) is 8.83. The fourth-order valence-corrected chi connectivity index (χ4v) is 2.84. The first kappa shape index (κ1) is 18.9. The van der Waals surface area contributed by atoms with Gasteiger partial charge in [0, 0.05) is 39.3 Å². The van der Waals surface area contributed by atoms with E-state index in [-0.39, 0.29) is 12.0 Å². The van der Waals surface area contributed by atoms with Gasteiger partial charge in [-0.1, -0.05) is 44.2 Å². The maximum Gasteiger partial charge on any atom is 0.251 e. The van der Waals surface area contributed by atoms with Crippen LogP contribution in [0.25, 0.3) is 0 Å². The van der Waals surface area contributed by atoms with E-state index in [1.54, 1.807) is 0 Å². The summed E-state index contributed by atoms with van der Waals surface area (Å²) in [6.45, 7) is 10.1. The zero-order chi connectivity index (χ0) is 17.5. The quantitative estimate of drug-likeness (QED) is 0.828. The molecule has 134 valence electrons. The number of benzene rings is 1. The van der Waals surface area contributed by atoms with Gasteiger partial charge in [0.15, 0.2) is 0 Å². The molecule has 1 aliphatic rings. The fourth-order valence-electron chi connectivity index (χ4n) is 2.84. The molecule has 5 heteroatoms. The minimum absolute atomic E-state index is 0.0684. The number of β-amino-alcohol motifs (C(OH)–C–C–N with tert-alkyl or cyclic N) is 1. The second kappa shape index (κ2) is 9.16. The largest absolute Gasteiger partial charge is 0.387 e. The second-order valence-corrected chi connectivity index (χ2v) is 6.92. The minimum atomic E-state index is -0.484. The van der Waals surface area contributed by atoms with Gasteiger partial charge in [0.2, 0.25) is 0 Å². The van der Waals surface area contributed by atoms with Crippen LogP contribution in [0.4, 0.5) is 0 Å². The molecule has 1 fully saturated rings. The number of nitrogens with zero attached hydrogens (tertiary/aromatic N) is 2. The molecule has 1 N–H and O–H groups in total. The van der Waals surface area contributed by atoms with Gasteiger partial charge in [-0.2, -0.15) is 0 Å². The van der Waals surface area contributed by atoms with E-state index < -0.39 is 6.10 Å². The number of hydrogen-bond acceptors (Lipinski definition) is 4. The van der Waals surface area contributed by atoms with Gasteiger partial charge in [0.05, 0.1) is 6.10 Å². The third-order valence-corrected chi connectivity index (χ3v) is 4.33. The maximum atomic E-state index is 12.4. The van der Waals surface area contributed by atoms with Crippen LogP contribution in [0.1, 0.15) is 32.4 Å². The fraction of sp³-hybridized carbons (Fsp3) is 0.632. The van der Waals surface area contributed by atoms with Gasteiger partial charge in [-0.15, -0.1) is 0 Å². The van der Waals surface area contributed by atoms with Crippen LogP contribution in [-0.2, 0) is 9.53 Å². The standard InChI is InChI=1S/C19H30N2O3/c1-15(2)14-24-16(3)19(23)21-11-9-20(10-12-21)13-18(22)17-7-5-4-6-8-17/h4-8,15-16,18,22H,9-14H2,1-3H3/t16-,18+/m0/s1. The Kier molecular flexibility index (Phi) is 7.21. The predicted molar refractivity (Wildman–Crippen MR) is 94.7 cm³/mol. The van der Waals surface area contributed by atoms with Crippen LogP contribution < -0.4 is 0 Å². The number of amides is 1. The van der Waals surface area contributed by atoms with E-state index in [1.807, 2.05) is 42.2 Å². The molecule has 5 nitrogen and oxygen atoms in total. The Balaban J connectivity index is 1.75. The number of ether oxygens (including phenoxy) is 1. The number of rotatable bonds is 7. The first-order chi connectivity index (χ1) is 11.5. The number of hydrogen-bond donors (Lipinski definition) is 1. The molecular formula is C19H30N2O3. The number of piperazine rings is 1. The van der Waals surface area contributed by atoms with Crippen LogP contribution >= 0.6 is 0 Å². The van der Waals surface area contributed by atoms with E-state index in [4.69, 9.17) is 4.74 Å². The highest BCUT2D eigenvalue weighted by molar-refractivity contribution is 5.80. The molecule has 0 bridgehead atoms. The van der Waals surface area contributed by atoms with E-state index in [2.05, 4.69) is 18.7 Å². The molecule has 1 heterocycles. The Labute approximate surface area is 145 Å². The molecule has 0 saturated carbocycles. The molecule has 0 radical (unpaired) electrons. The van der Waals surface area contributed by atoms with Gasteiger partial charge in [-0.25, -0.2) is 0 Å². The van der Waals surface area contributed by atoms with Crippen molar-refractivity contribution in [2.75, 3.05) is 39.3 Å².